The fourth-order valence-corrected chi connectivity index (χ4v) is 17.6. The Morgan fingerprint density at radius 2 is 1.07 bits per heavy atom. The zero-order chi connectivity index (χ0) is 39.0. The number of likely N-dealkylation sites (tertiary alicyclic amines) is 1. The first kappa shape index (κ1) is 40.0. The first-order chi connectivity index (χ1) is 26.7. The topological polar surface area (TPSA) is 61.5 Å². The molecule has 16 atom stereocenters. The van der Waals surface area contributed by atoms with E-state index in [4.69, 9.17) is 0 Å². The van der Waals surface area contributed by atoms with Gasteiger partial charge in [0.2, 0.25) is 0 Å². The van der Waals surface area contributed by atoms with E-state index in [1.165, 1.54) is 128 Å². The van der Waals surface area contributed by atoms with Crippen molar-refractivity contribution in [3.63, 3.8) is 0 Å². The lowest BCUT2D eigenvalue weighted by Crippen LogP contribution is -2.50. The summed E-state index contributed by atoms with van der Waals surface area (Å²) in [6, 6.07) is 0. The first-order valence-electron chi connectivity index (χ1n) is 24.2. The van der Waals surface area contributed by atoms with E-state index in [-0.39, 0.29) is 5.60 Å². The van der Waals surface area contributed by atoms with Crippen LogP contribution in [0.2, 0.25) is 0 Å². The molecule has 0 amide bonds. The maximum Gasteiger partial charge on any atom is 0.0948 e. The van der Waals surface area contributed by atoms with Crippen molar-refractivity contribution in [3.8, 4) is 0 Å². The van der Waals surface area contributed by atoms with Gasteiger partial charge in [0.15, 0.2) is 0 Å². The zero-order valence-electron chi connectivity index (χ0n) is 36.3. The van der Waals surface area contributed by atoms with E-state index in [1.54, 1.807) is 5.57 Å². The molecular formula is C51H81N3O2. The Hall–Kier alpha value is -1.43. The molecule has 5 nitrogen and oxygen atoms in total. The number of aliphatic hydroxyl groups is 2. The van der Waals surface area contributed by atoms with Crippen LogP contribution in [0.3, 0.4) is 0 Å². The van der Waals surface area contributed by atoms with E-state index in [2.05, 4.69) is 61.5 Å². The highest BCUT2D eigenvalue weighted by molar-refractivity contribution is 5.18. The summed E-state index contributed by atoms with van der Waals surface area (Å²) in [6.07, 6.45) is 32.2. The van der Waals surface area contributed by atoms with Crippen LogP contribution in [0.25, 0.3) is 0 Å². The van der Waals surface area contributed by atoms with Crippen molar-refractivity contribution >= 4 is 0 Å². The molecule has 10 rings (SSSR count). The Kier molecular flexibility index (Phi) is 10.9. The minimum atomic E-state index is -0.402. The Balaban J connectivity index is 0.000000146. The lowest BCUT2D eigenvalue weighted by Gasteiger charge is -2.57. The molecule has 8 saturated carbocycles. The highest BCUT2D eigenvalue weighted by Gasteiger charge is 2.59. The molecule has 0 unspecified atom stereocenters. The summed E-state index contributed by atoms with van der Waals surface area (Å²) in [7, 11) is 0. The second kappa shape index (κ2) is 15.2. The monoisotopic (exact) mass is 768 g/mol. The third-order valence-corrected chi connectivity index (χ3v) is 20.0. The molecule has 0 radical (unpaired) electrons. The van der Waals surface area contributed by atoms with E-state index in [0.29, 0.717) is 16.7 Å². The van der Waals surface area contributed by atoms with Crippen molar-refractivity contribution in [3.05, 3.63) is 43.0 Å². The van der Waals surface area contributed by atoms with Crippen LogP contribution in [0.4, 0.5) is 0 Å². The van der Waals surface area contributed by atoms with Crippen molar-refractivity contribution in [2.75, 3.05) is 19.6 Å². The Morgan fingerprint density at radius 3 is 1.55 bits per heavy atom. The minimum Gasteiger partial charge on any atom is -0.390 e. The summed E-state index contributed by atoms with van der Waals surface area (Å²) < 4.78 is 2.18. The predicted octanol–water partition coefficient (Wildman–Crippen LogP) is 11.1. The molecule has 9 fully saturated rings. The fraction of sp³-hybridized carbons (Fsp3) is 0.863. The molecule has 8 aliphatic carbocycles. The van der Waals surface area contributed by atoms with Gasteiger partial charge in [0, 0.05) is 25.5 Å². The Bertz CT molecular complexity index is 1560. The van der Waals surface area contributed by atoms with Crippen molar-refractivity contribution in [1.29, 1.82) is 0 Å². The molecule has 2 heterocycles. The maximum atomic E-state index is 10.6. The third-order valence-electron chi connectivity index (χ3n) is 20.0. The van der Waals surface area contributed by atoms with Gasteiger partial charge in [-0.1, -0.05) is 38.2 Å². The lowest BCUT2D eigenvalue weighted by atomic mass is 9.49. The summed E-state index contributed by atoms with van der Waals surface area (Å²) in [6.45, 7) is 23.3. The number of nitrogens with zero attached hydrogens (tertiary/aromatic N) is 3. The molecule has 9 aliphatic rings. The van der Waals surface area contributed by atoms with Crippen LogP contribution >= 0.6 is 0 Å². The van der Waals surface area contributed by atoms with Crippen molar-refractivity contribution in [1.82, 2.24) is 14.5 Å². The summed E-state index contributed by atoms with van der Waals surface area (Å²) >= 11 is 0. The van der Waals surface area contributed by atoms with Gasteiger partial charge in [-0.25, -0.2) is 4.98 Å². The van der Waals surface area contributed by atoms with E-state index in [9.17, 15) is 10.2 Å². The van der Waals surface area contributed by atoms with E-state index in [0.717, 1.165) is 97.3 Å². The maximum absolute atomic E-state index is 10.6. The van der Waals surface area contributed by atoms with Crippen LogP contribution in [-0.4, -0.2) is 55.5 Å². The summed E-state index contributed by atoms with van der Waals surface area (Å²) in [5, 5.41) is 21.2. The normalized spacial score (nSPS) is 49.6. The van der Waals surface area contributed by atoms with Gasteiger partial charge in [0.1, 0.15) is 0 Å². The smallest absolute Gasteiger partial charge is 0.0948 e. The molecule has 0 bridgehead atoms. The van der Waals surface area contributed by atoms with E-state index < -0.39 is 5.60 Å². The van der Waals surface area contributed by atoms with Gasteiger partial charge >= 0.3 is 0 Å². The van der Waals surface area contributed by atoms with Gasteiger partial charge in [0.25, 0.3) is 0 Å². The van der Waals surface area contributed by atoms with Crippen LogP contribution in [0.5, 0.6) is 0 Å². The lowest BCUT2D eigenvalue weighted by molar-refractivity contribution is -0.0980. The Morgan fingerprint density at radius 1 is 0.589 bits per heavy atom. The molecule has 1 aliphatic heterocycles. The fourth-order valence-electron chi connectivity index (χ4n) is 17.6. The van der Waals surface area contributed by atoms with Gasteiger partial charge in [-0.05, 0) is 237 Å². The van der Waals surface area contributed by atoms with Gasteiger partial charge < -0.3 is 14.8 Å². The molecule has 1 aromatic heterocycles. The van der Waals surface area contributed by atoms with Crippen LogP contribution in [0, 0.1) is 81.8 Å². The third kappa shape index (κ3) is 7.28. The number of hydrogen-bond donors (Lipinski definition) is 2. The van der Waals surface area contributed by atoms with Gasteiger partial charge in [0.05, 0.1) is 17.5 Å². The van der Waals surface area contributed by atoms with Crippen molar-refractivity contribution in [2.24, 2.45) is 81.8 Å². The molecule has 5 heteroatoms. The number of allylic oxidation sites excluding steroid dienone is 1. The molecule has 1 aromatic rings. The number of rotatable bonds is 6. The number of imidazole rings is 1. The van der Waals surface area contributed by atoms with Crippen LogP contribution in [0.15, 0.2) is 43.0 Å². The zero-order valence-corrected chi connectivity index (χ0v) is 36.3. The summed E-state index contributed by atoms with van der Waals surface area (Å²) in [5.41, 5.74) is 3.16. The molecule has 312 valence electrons. The second-order valence-electron chi connectivity index (χ2n) is 23.2. The SMILES string of the molecule is C=C(CN1CCCC1)[C@H]1CC[C@H]2[C@@H]3CC[C@H]4C[C@](C)(O)CC[C@@H]4[C@H]3CC[C@]12C.C=C(Cn1ccnc1)[C@H]1CC[C@H]2[C@@H]3CC[C@H]4C[C@](C)(O)CC[C@@H]4[C@H]3CC[C@]12C. The summed E-state index contributed by atoms with van der Waals surface area (Å²) in [5.74, 6) is 10.4. The average Bonchev–Trinajstić information content (AvgIpc) is 3.98. The van der Waals surface area contributed by atoms with Gasteiger partial charge in [-0.3, -0.25) is 4.90 Å². The highest BCUT2D eigenvalue weighted by atomic mass is 16.3. The Labute approximate surface area is 342 Å². The molecule has 0 spiro atoms. The minimum absolute atomic E-state index is 0.386. The molecule has 2 N–H and O–H groups in total. The quantitative estimate of drug-likeness (QED) is 0.283. The molecule has 1 saturated heterocycles. The van der Waals surface area contributed by atoms with Crippen molar-refractivity contribution < 1.29 is 10.2 Å². The van der Waals surface area contributed by atoms with E-state index in [1.807, 2.05) is 12.5 Å². The van der Waals surface area contributed by atoms with Crippen LogP contribution < -0.4 is 0 Å². The van der Waals surface area contributed by atoms with Crippen LogP contribution in [-0.2, 0) is 6.54 Å². The molecule has 56 heavy (non-hydrogen) atoms. The molecular weight excluding hydrogens is 687 g/mol. The first-order valence-corrected chi connectivity index (χ1v) is 24.2. The average molecular weight is 768 g/mol. The molecule has 0 aromatic carbocycles. The second-order valence-corrected chi connectivity index (χ2v) is 23.2. The number of aromatic nitrogens is 2. The summed E-state index contributed by atoms with van der Waals surface area (Å²) in [4.78, 5) is 6.86. The van der Waals surface area contributed by atoms with Crippen molar-refractivity contribution in [2.45, 2.75) is 174 Å². The largest absolute Gasteiger partial charge is 0.390 e. The number of hydrogen-bond acceptors (Lipinski definition) is 4. The predicted molar refractivity (Wildman–Crippen MR) is 229 cm³/mol. The highest BCUT2D eigenvalue weighted by Crippen LogP contribution is 2.67. The number of fused-ring (bicyclic) bond motifs is 10. The van der Waals surface area contributed by atoms with Gasteiger partial charge in [-0.15, -0.1) is 0 Å². The van der Waals surface area contributed by atoms with Gasteiger partial charge in [-0.2, -0.15) is 0 Å². The standard InChI is InChI=1S/C26H43NO.C25H38N2O/c1-18(17-27-14-4-5-15-27)23-8-9-24-22-7-6-19-16-25(2,28)12-10-20(19)21(22)11-13-26(23,24)3;1-17(15-27-13-12-26-16-27)22-6-7-23-21-5-4-18-14-24(2,28)10-8-19(18)20(21)9-11-25(22,23)3/h19-24,28H,1,4-17H2,2-3H3;12-13,16,18-23,28H,1,4-11,14-15H2,2-3H3/t19-,20-,21+,22+,23+,24-,25+,26+;18-,19-,20+,21+,22+,23-,24+,25+/m00/s1. The van der Waals surface area contributed by atoms with Crippen LogP contribution in [0.1, 0.15) is 156 Å². The van der Waals surface area contributed by atoms with E-state index >= 15 is 0 Å².